The number of hydrogen-bond acceptors (Lipinski definition) is 10. The zero-order valence-corrected chi connectivity index (χ0v) is 37.6. The molecule has 15 heteroatoms. The van der Waals surface area contributed by atoms with Gasteiger partial charge in [-0.2, -0.15) is 0 Å². The summed E-state index contributed by atoms with van der Waals surface area (Å²) in [5, 5.41) is 8.79. The van der Waals surface area contributed by atoms with E-state index >= 15 is 0 Å². The molecule has 0 bridgehead atoms. The fraction of sp³-hybridized carbons (Fsp3) is 0.312. The number of amides is 4. The molecule has 5 rings (SSSR count). The standard InChI is InChI=1S/C48H55N5O9S/c1-10-18-36(43(54)53-63(58,59)34-21-16-13-17-22-34)50-44(55)41(51-45(56)42(47(3,4)5)52-46(57)62-48(6,7)8)32-23-26-39(30(11-2)27-32)61-40-29-37(31-19-14-12-15-20-31)49-38-28-33(60-9)24-25-35(38)40/h11-17,19-29,36,41-42H,2,10,18H2,1,3-9H3,(H,50,55)(H,51,56)(H,52,57)(H,53,54)/t36-,41+,42+/m0/s1. The van der Waals surface area contributed by atoms with E-state index in [-0.39, 0.29) is 16.9 Å². The van der Waals surface area contributed by atoms with Crippen molar-refractivity contribution in [1.82, 2.24) is 25.7 Å². The van der Waals surface area contributed by atoms with Crippen LogP contribution < -0.4 is 30.1 Å². The van der Waals surface area contributed by atoms with Gasteiger partial charge in [-0.05, 0) is 74.6 Å². The summed E-state index contributed by atoms with van der Waals surface area (Å²) in [5.74, 6) is -1.09. The molecule has 0 aliphatic rings. The van der Waals surface area contributed by atoms with E-state index in [1.165, 1.54) is 30.3 Å². The number of carbonyl (C=O) groups is 4. The van der Waals surface area contributed by atoms with Gasteiger partial charge in [-0.15, -0.1) is 0 Å². The lowest BCUT2D eigenvalue weighted by Gasteiger charge is -2.33. The van der Waals surface area contributed by atoms with Crippen LogP contribution in [0, 0.1) is 5.41 Å². The van der Waals surface area contributed by atoms with Gasteiger partial charge in [0.05, 0.1) is 23.2 Å². The third-order valence-corrected chi connectivity index (χ3v) is 11.1. The molecule has 0 saturated carbocycles. The molecule has 1 heterocycles. The quantitative estimate of drug-likeness (QED) is 0.0751. The van der Waals surface area contributed by atoms with E-state index in [0.717, 1.165) is 5.56 Å². The molecule has 63 heavy (non-hydrogen) atoms. The highest BCUT2D eigenvalue weighted by Crippen LogP contribution is 2.37. The van der Waals surface area contributed by atoms with Crippen molar-refractivity contribution in [1.29, 1.82) is 0 Å². The summed E-state index contributed by atoms with van der Waals surface area (Å²) in [7, 11) is -2.71. The van der Waals surface area contributed by atoms with Crippen molar-refractivity contribution < 1.29 is 41.8 Å². The van der Waals surface area contributed by atoms with E-state index < -0.39 is 63.0 Å². The van der Waals surface area contributed by atoms with E-state index in [1.807, 2.05) is 48.5 Å². The Labute approximate surface area is 368 Å². The van der Waals surface area contributed by atoms with Crippen molar-refractivity contribution in [3.8, 4) is 28.5 Å². The third-order valence-electron chi connectivity index (χ3n) is 9.69. The highest BCUT2D eigenvalue weighted by atomic mass is 32.2. The predicted octanol–water partition coefficient (Wildman–Crippen LogP) is 8.23. The number of ether oxygens (including phenoxy) is 3. The highest BCUT2D eigenvalue weighted by Gasteiger charge is 2.38. The number of aromatic nitrogens is 1. The molecule has 14 nitrogen and oxygen atoms in total. The van der Waals surface area contributed by atoms with Crippen molar-refractivity contribution in [2.45, 2.75) is 89.9 Å². The molecule has 1 aromatic heterocycles. The first-order chi connectivity index (χ1) is 29.7. The van der Waals surface area contributed by atoms with Gasteiger partial charge in [-0.3, -0.25) is 14.4 Å². The average Bonchev–Trinajstić information content (AvgIpc) is 3.23. The number of nitrogens with one attached hydrogen (secondary N) is 4. The number of benzene rings is 4. The van der Waals surface area contributed by atoms with Gasteiger partial charge < -0.3 is 30.2 Å². The number of sulfonamides is 1. The van der Waals surface area contributed by atoms with Gasteiger partial charge in [0.15, 0.2) is 0 Å². The minimum absolute atomic E-state index is 0.0643. The zero-order chi connectivity index (χ0) is 46.1. The second kappa shape index (κ2) is 20.0. The number of rotatable bonds is 16. The first-order valence-electron chi connectivity index (χ1n) is 20.4. The van der Waals surface area contributed by atoms with Crippen molar-refractivity contribution in [3.63, 3.8) is 0 Å². The Bertz CT molecular complexity index is 2570. The van der Waals surface area contributed by atoms with E-state index in [4.69, 9.17) is 19.2 Å². The molecule has 4 aromatic carbocycles. The lowest BCUT2D eigenvalue weighted by molar-refractivity contribution is -0.133. The van der Waals surface area contributed by atoms with Crippen LogP contribution in [0.5, 0.6) is 17.2 Å². The monoisotopic (exact) mass is 877 g/mol. The Morgan fingerprint density at radius 1 is 0.778 bits per heavy atom. The molecule has 5 aromatic rings. The van der Waals surface area contributed by atoms with Gasteiger partial charge in [0.1, 0.15) is 41.0 Å². The molecule has 0 saturated heterocycles. The summed E-state index contributed by atoms with van der Waals surface area (Å²) >= 11 is 0. The molecule has 0 spiro atoms. The Morgan fingerprint density at radius 3 is 2.05 bits per heavy atom. The second-order valence-corrected chi connectivity index (χ2v) is 18.6. The average molecular weight is 878 g/mol. The highest BCUT2D eigenvalue weighted by molar-refractivity contribution is 7.90. The number of carbonyl (C=O) groups excluding carboxylic acids is 4. The Kier molecular flexibility index (Phi) is 15.0. The Balaban J connectivity index is 1.54. The summed E-state index contributed by atoms with van der Waals surface area (Å²) in [6.07, 6.45) is 1.14. The van der Waals surface area contributed by atoms with Gasteiger partial charge >= 0.3 is 6.09 Å². The smallest absolute Gasteiger partial charge is 0.408 e. The Hall–Kier alpha value is -6.74. The van der Waals surface area contributed by atoms with E-state index in [2.05, 4.69) is 27.3 Å². The Morgan fingerprint density at radius 2 is 1.44 bits per heavy atom. The van der Waals surface area contributed by atoms with Crippen LogP contribution in [-0.4, -0.2) is 62.0 Å². The fourth-order valence-electron chi connectivity index (χ4n) is 6.56. The summed E-state index contributed by atoms with van der Waals surface area (Å²) in [6.45, 7) is 16.1. The first kappa shape index (κ1) is 47.3. The largest absolute Gasteiger partial charge is 0.497 e. The number of fused-ring (bicyclic) bond motifs is 1. The number of pyridine rings is 1. The van der Waals surface area contributed by atoms with Crippen molar-refractivity contribution in [2.24, 2.45) is 5.41 Å². The van der Waals surface area contributed by atoms with Crippen LogP contribution >= 0.6 is 0 Å². The van der Waals surface area contributed by atoms with Crippen LogP contribution in [0.1, 0.15) is 78.5 Å². The maximum Gasteiger partial charge on any atom is 0.408 e. The van der Waals surface area contributed by atoms with Gasteiger partial charge in [0.25, 0.3) is 15.9 Å². The molecule has 0 radical (unpaired) electrons. The lowest BCUT2D eigenvalue weighted by atomic mass is 9.86. The molecule has 4 amide bonds. The maximum absolute atomic E-state index is 14.5. The molecule has 3 atom stereocenters. The molecular formula is C48H55N5O9S. The normalized spacial score (nSPS) is 13.1. The van der Waals surface area contributed by atoms with Crippen molar-refractivity contribution in [2.75, 3.05) is 7.11 Å². The third kappa shape index (κ3) is 12.4. The van der Waals surface area contributed by atoms with Crippen molar-refractivity contribution >= 4 is 50.8 Å². The molecule has 332 valence electrons. The summed E-state index contributed by atoms with van der Waals surface area (Å²) < 4.78 is 45.9. The predicted molar refractivity (Wildman–Crippen MR) is 242 cm³/mol. The number of hydrogen-bond donors (Lipinski definition) is 4. The van der Waals surface area contributed by atoms with Gasteiger partial charge in [0, 0.05) is 28.6 Å². The molecule has 0 aliphatic heterocycles. The minimum Gasteiger partial charge on any atom is -0.497 e. The van der Waals surface area contributed by atoms with Gasteiger partial charge in [0.2, 0.25) is 11.8 Å². The van der Waals surface area contributed by atoms with E-state index in [0.29, 0.717) is 45.8 Å². The van der Waals surface area contributed by atoms with Gasteiger partial charge in [-0.1, -0.05) is 101 Å². The number of alkyl carbamates (subject to hydrolysis) is 1. The van der Waals surface area contributed by atoms with Crippen LogP contribution in [0.4, 0.5) is 4.79 Å². The minimum atomic E-state index is -4.29. The van der Waals surface area contributed by atoms with Crippen LogP contribution in [0.15, 0.2) is 115 Å². The lowest BCUT2D eigenvalue weighted by Crippen LogP contribution is -2.57. The van der Waals surface area contributed by atoms with Gasteiger partial charge in [-0.25, -0.2) is 22.9 Å². The molecule has 0 aliphatic carbocycles. The van der Waals surface area contributed by atoms with E-state index in [1.54, 1.807) is 85.9 Å². The zero-order valence-electron chi connectivity index (χ0n) is 36.8. The molecular weight excluding hydrogens is 823 g/mol. The summed E-state index contributed by atoms with van der Waals surface area (Å²) in [6, 6.07) is 25.1. The van der Waals surface area contributed by atoms with E-state index in [9.17, 15) is 27.6 Å². The SMILES string of the molecule is C=Cc1cc([C@@H](NC(=O)[C@@H](NC(=O)OC(C)(C)C)C(C)(C)C)C(=O)N[C@@H](CCC)C(=O)NS(=O)(=O)c2ccccc2)ccc1Oc1cc(-c2ccccc2)nc2cc(OC)ccc12. The van der Waals surface area contributed by atoms with Crippen molar-refractivity contribution in [3.05, 3.63) is 121 Å². The topological polar surface area (TPSA) is 191 Å². The van der Waals surface area contributed by atoms with Crippen LogP contribution in [0.25, 0.3) is 28.2 Å². The van der Waals surface area contributed by atoms with Crippen LogP contribution in [-0.2, 0) is 29.1 Å². The summed E-state index contributed by atoms with van der Waals surface area (Å²) in [4.78, 5) is 60.1. The summed E-state index contributed by atoms with van der Waals surface area (Å²) in [5.41, 5.74) is 1.09. The molecule has 4 N–H and O–H groups in total. The number of methoxy groups -OCH3 is 1. The molecule has 0 unspecified atom stereocenters. The van der Waals surface area contributed by atoms with Crippen LogP contribution in [0.3, 0.4) is 0 Å². The second-order valence-electron chi connectivity index (χ2n) is 16.9. The fourth-order valence-corrected chi connectivity index (χ4v) is 7.60. The maximum atomic E-state index is 14.5. The molecule has 0 fully saturated rings. The van der Waals surface area contributed by atoms with Crippen LogP contribution in [0.2, 0.25) is 0 Å². The number of nitrogens with zero attached hydrogens (tertiary/aromatic N) is 1. The first-order valence-corrected chi connectivity index (χ1v) is 21.9.